The summed E-state index contributed by atoms with van der Waals surface area (Å²) in [5.74, 6) is -0.711. The molecule has 1 fully saturated rings. The molecular formula is C24H39N6O7P. The summed E-state index contributed by atoms with van der Waals surface area (Å²) in [6.07, 6.45) is 2.61. The van der Waals surface area contributed by atoms with Crippen LogP contribution in [0.4, 0.5) is 5.82 Å². The summed E-state index contributed by atoms with van der Waals surface area (Å²) in [6, 6.07) is 0. The Balaban J connectivity index is 1.72. The predicted molar refractivity (Wildman–Crippen MR) is 140 cm³/mol. The molecule has 0 radical (unpaired) electrons. The molecule has 1 aliphatic carbocycles. The van der Waals surface area contributed by atoms with E-state index in [4.69, 9.17) is 24.5 Å². The van der Waals surface area contributed by atoms with E-state index in [0.29, 0.717) is 30.6 Å². The van der Waals surface area contributed by atoms with Gasteiger partial charge in [0.15, 0.2) is 11.5 Å². The Morgan fingerprint density at radius 2 is 1.79 bits per heavy atom. The lowest BCUT2D eigenvalue weighted by Crippen LogP contribution is -2.47. The van der Waals surface area contributed by atoms with E-state index in [1.165, 1.54) is 6.33 Å². The summed E-state index contributed by atoms with van der Waals surface area (Å²) in [7, 11) is -3.82. The molecule has 3 N–H and O–H groups in total. The highest BCUT2D eigenvalue weighted by molar-refractivity contribution is 7.56. The minimum atomic E-state index is -3.82. The number of esters is 2. The Morgan fingerprint density at radius 1 is 1.13 bits per heavy atom. The molecular weight excluding hydrogens is 515 g/mol. The summed E-state index contributed by atoms with van der Waals surface area (Å²) in [4.78, 5) is 37.7. The first kappa shape index (κ1) is 29.9. The second-order valence-electron chi connectivity index (χ2n) is 10.8. The molecule has 0 saturated heterocycles. The lowest BCUT2D eigenvalue weighted by molar-refractivity contribution is -0.156. The van der Waals surface area contributed by atoms with E-state index in [2.05, 4.69) is 20.0 Å². The molecule has 14 heteroatoms. The highest BCUT2D eigenvalue weighted by Crippen LogP contribution is 2.53. The molecule has 2 atom stereocenters. The number of nitrogens with one attached hydrogen (secondary N) is 1. The van der Waals surface area contributed by atoms with Crippen molar-refractivity contribution in [2.75, 3.05) is 18.7 Å². The number of carbonyl (C=O) groups is 2. The maximum Gasteiger partial charge on any atom is 0.326 e. The average molecular weight is 555 g/mol. The van der Waals surface area contributed by atoms with Gasteiger partial charge in [0, 0.05) is 0 Å². The zero-order valence-corrected chi connectivity index (χ0v) is 24.0. The summed E-state index contributed by atoms with van der Waals surface area (Å²) in [6.45, 7) is 12.1. The lowest BCUT2D eigenvalue weighted by atomic mass is 10.1. The first-order valence-electron chi connectivity index (χ1n) is 12.6. The molecule has 0 aromatic carbocycles. The lowest BCUT2D eigenvalue weighted by Gasteiger charge is -2.31. The van der Waals surface area contributed by atoms with Crippen molar-refractivity contribution in [3.8, 4) is 0 Å². The molecule has 0 aliphatic heterocycles. The number of carbonyl (C=O) groups excluding carboxylic acids is 2. The SMILES string of the molecule is CC(C)OC(=O)C1(COP(=O)(COC(C)Cn2cnc3c(N)ncnc32)NC(C)(C)C(=O)OC(C)C)CC1. The second-order valence-corrected chi connectivity index (χ2v) is 12.9. The minimum Gasteiger partial charge on any atom is -0.462 e. The van der Waals surface area contributed by atoms with E-state index in [9.17, 15) is 14.2 Å². The van der Waals surface area contributed by atoms with E-state index in [1.54, 1.807) is 59.4 Å². The number of rotatable bonds is 14. The fraction of sp³-hybridized carbons (Fsp3) is 0.708. The van der Waals surface area contributed by atoms with Gasteiger partial charge in [0.25, 0.3) is 7.52 Å². The largest absolute Gasteiger partial charge is 0.462 e. The fourth-order valence-corrected chi connectivity index (χ4v) is 5.70. The van der Waals surface area contributed by atoms with Crippen molar-refractivity contribution >= 4 is 36.4 Å². The number of ether oxygens (including phenoxy) is 3. The van der Waals surface area contributed by atoms with Gasteiger partial charge in [-0.05, 0) is 61.3 Å². The third-order valence-corrected chi connectivity index (χ3v) is 7.83. The van der Waals surface area contributed by atoms with Crippen LogP contribution in [0.15, 0.2) is 12.7 Å². The van der Waals surface area contributed by atoms with Crippen LogP contribution in [-0.2, 0) is 39.4 Å². The van der Waals surface area contributed by atoms with Gasteiger partial charge in [0.1, 0.15) is 23.7 Å². The molecule has 3 rings (SSSR count). The highest BCUT2D eigenvalue weighted by Gasteiger charge is 2.53. The van der Waals surface area contributed by atoms with Crippen molar-refractivity contribution in [1.29, 1.82) is 0 Å². The zero-order valence-electron chi connectivity index (χ0n) is 23.1. The summed E-state index contributed by atoms with van der Waals surface area (Å²) < 4.78 is 38.3. The van der Waals surface area contributed by atoms with Gasteiger partial charge >= 0.3 is 11.9 Å². The molecule has 1 saturated carbocycles. The molecule has 1 aliphatic rings. The Hall–Kier alpha value is -2.60. The van der Waals surface area contributed by atoms with E-state index >= 15 is 0 Å². The third-order valence-electron chi connectivity index (χ3n) is 5.89. The van der Waals surface area contributed by atoms with Gasteiger partial charge in [0.05, 0.1) is 43.2 Å². The predicted octanol–water partition coefficient (Wildman–Crippen LogP) is 3.03. The van der Waals surface area contributed by atoms with E-state index in [-0.39, 0.29) is 36.9 Å². The number of nitrogen functional groups attached to an aromatic ring is 1. The Bertz CT molecular complexity index is 1190. The highest BCUT2D eigenvalue weighted by atomic mass is 31.2. The maximum atomic E-state index is 14.0. The molecule has 0 amide bonds. The van der Waals surface area contributed by atoms with Gasteiger partial charge in [-0.1, -0.05) is 0 Å². The number of nitrogens with zero attached hydrogens (tertiary/aromatic N) is 4. The second kappa shape index (κ2) is 11.6. The maximum absolute atomic E-state index is 14.0. The standard InChI is InChI=1S/C24H39N6O7P/c1-15(2)36-21(31)23(6,7)29-38(33,35-11-24(8-9-24)22(32)37-16(3)4)14-34-17(5)10-30-13-28-18-19(25)26-12-27-20(18)30/h12-13,15-17H,8-11,14H2,1-7H3,(H,29,33)(H2,25,26,27). The van der Waals surface area contributed by atoms with Crippen molar-refractivity contribution < 1.29 is 32.9 Å². The van der Waals surface area contributed by atoms with E-state index in [0.717, 1.165) is 0 Å². The quantitative estimate of drug-likeness (QED) is 0.259. The summed E-state index contributed by atoms with van der Waals surface area (Å²) >= 11 is 0. The average Bonchev–Trinajstić information content (AvgIpc) is 3.50. The van der Waals surface area contributed by atoms with Gasteiger partial charge < -0.3 is 29.0 Å². The molecule has 2 heterocycles. The summed E-state index contributed by atoms with van der Waals surface area (Å²) in [5, 5.41) is 2.83. The molecule has 2 aromatic heterocycles. The molecule has 13 nitrogen and oxygen atoms in total. The van der Waals surface area contributed by atoms with Gasteiger partial charge in [-0.3, -0.25) is 14.2 Å². The van der Waals surface area contributed by atoms with Crippen LogP contribution in [0, 0.1) is 5.41 Å². The van der Waals surface area contributed by atoms with Gasteiger partial charge in [-0.15, -0.1) is 0 Å². The molecule has 2 aromatic rings. The van der Waals surface area contributed by atoms with Crippen LogP contribution in [0.25, 0.3) is 11.2 Å². The Labute approximate surface area is 222 Å². The number of aromatic nitrogens is 4. The van der Waals surface area contributed by atoms with Crippen molar-refractivity contribution in [3.63, 3.8) is 0 Å². The van der Waals surface area contributed by atoms with E-state index in [1.807, 2.05) is 0 Å². The summed E-state index contributed by atoms with van der Waals surface area (Å²) in [5.41, 5.74) is 4.67. The number of fused-ring (bicyclic) bond motifs is 1. The number of hydrogen-bond donors (Lipinski definition) is 2. The van der Waals surface area contributed by atoms with Crippen molar-refractivity contribution in [1.82, 2.24) is 24.6 Å². The molecule has 212 valence electrons. The van der Waals surface area contributed by atoms with Crippen LogP contribution in [0.2, 0.25) is 0 Å². The van der Waals surface area contributed by atoms with Crippen LogP contribution >= 0.6 is 7.52 Å². The van der Waals surface area contributed by atoms with Crippen molar-refractivity contribution in [3.05, 3.63) is 12.7 Å². The monoisotopic (exact) mass is 554 g/mol. The third kappa shape index (κ3) is 7.49. The minimum absolute atomic E-state index is 0.127. The van der Waals surface area contributed by atoms with Crippen LogP contribution in [0.5, 0.6) is 0 Å². The Morgan fingerprint density at radius 3 is 2.39 bits per heavy atom. The van der Waals surface area contributed by atoms with Crippen LogP contribution in [0.1, 0.15) is 61.3 Å². The van der Waals surface area contributed by atoms with Crippen LogP contribution < -0.4 is 10.8 Å². The van der Waals surface area contributed by atoms with Crippen LogP contribution in [-0.4, -0.2) is 68.3 Å². The molecule has 38 heavy (non-hydrogen) atoms. The number of imidazole rings is 1. The smallest absolute Gasteiger partial charge is 0.326 e. The van der Waals surface area contributed by atoms with Gasteiger partial charge in [-0.2, -0.15) is 0 Å². The van der Waals surface area contributed by atoms with Crippen molar-refractivity contribution in [2.45, 2.75) is 91.7 Å². The first-order chi connectivity index (χ1) is 17.7. The first-order valence-corrected chi connectivity index (χ1v) is 14.5. The number of nitrogens with two attached hydrogens (primary N) is 1. The van der Waals surface area contributed by atoms with E-state index < -0.39 is 30.5 Å². The molecule has 0 spiro atoms. The van der Waals surface area contributed by atoms with Crippen molar-refractivity contribution in [2.24, 2.45) is 5.41 Å². The molecule has 0 bridgehead atoms. The normalized spacial score (nSPS) is 17.4. The van der Waals surface area contributed by atoms with Gasteiger partial charge in [0.2, 0.25) is 0 Å². The fourth-order valence-electron chi connectivity index (χ4n) is 3.65. The van der Waals surface area contributed by atoms with Crippen LogP contribution in [0.3, 0.4) is 0 Å². The zero-order chi connectivity index (χ0) is 28.3. The number of hydrogen-bond acceptors (Lipinski definition) is 11. The topological polar surface area (TPSA) is 170 Å². The van der Waals surface area contributed by atoms with Gasteiger partial charge in [-0.25, -0.2) is 20.0 Å². The number of anilines is 1. The molecule has 2 unspecified atom stereocenters. The Kier molecular flexibility index (Phi) is 9.18.